The van der Waals surface area contributed by atoms with Crippen molar-refractivity contribution in [1.29, 1.82) is 0 Å². The third-order valence-electron chi connectivity index (χ3n) is 4.50. The Bertz CT molecular complexity index is 932. The lowest BCUT2D eigenvalue weighted by molar-refractivity contribution is -0.143. The Morgan fingerprint density at radius 3 is 2.73 bits per heavy atom. The molecule has 0 saturated heterocycles. The Kier molecular flexibility index (Phi) is 4.90. The number of aliphatic carboxylic acids is 1. The van der Waals surface area contributed by atoms with Crippen LogP contribution in [0.1, 0.15) is 28.6 Å². The third-order valence-corrected chi connectivity index (χ3v) is 4.50. The van der Waals surface area contributed by atoms with E-state index in [9.17, 15) is 9.90 Å². The molecule has 26 heavy (non-hydrogen) atoms. The van der Waals surface area contributed by atoms with Crippen LogP contribution in [-0.2, 0) is 11.3 Å². The summed E-state index contributed by atoms with van der Waals surface area (Å²) in [5.41, 5.74) is 2.90. The lowest BCUT2D eigenvalue weighted by Crippen LogP contribution is -2.31. The highest BCUT2D eigenvalue weighted by molar-refractivity contribution is 5.87. The second kappa shape index (κ2) is 7.13. The molecule has 1 N–H and O–H groups in total. The highest BCUT2D eigenvalue weighted by atomic mass is 16.5. The number of ether oxygens (including phenoxy) is 1. The van der Waals surface area contributed by atoms with E-state index in [-0.39, 0.29) is 0 Å². The molecule has 3 rings (SSSR count). The van der Waals surface area contributed by atoms with E-state index in [0.29, 0.717) is 29.3 Å². The van der Waals surface area contributed by atoms with Crippen LogP contribution in [-0.4, -0.2) is 40.3 Å². The molecule has 0 aliphatic heterocycles. The number of pyridine rings is 1. The second-order valence-corrected chi connectivity index (χ2v) is 6.22. The molecule has 1 aromatic carbocycles. The fourth-order valence-electron chi connectivity index (χ4n) is 3.28. The average Bonchev–Trinajstić information content (AvgIpc) is 2.94. The van der Waals surface area contributed by atoms with Crippen LogP contribution in [0.3, 0.4) is 0 Å². The van der Waals surface area contributed by atoms with Crippen LogP contribution >= 0.6 is 0 Å². The molecule has 3 aromatic rings. The first-order valence-corrected chi connectivity index (χ1v) is 8.20. The van der Waals surface area contributed by atoms with Gasteiger partial charge in [-0.2, -0.15) is 0 Å². The molecule has 0 spiro atoms. The third kappa shape index (κ3) is 3.13. The predicted molar refractivity (Wildman–Crippen MR) is 96.1 cm³/mol. The van der Waals surface area contributed by atoms with Crippen molar-refractivity contribution in [2.24, 2.45) is 0 Å². The van der Waals surface area contributed by atoms with Crippen LogP contribution in [0.25, 0.3) is 10.9 Å². The van der Waals surface area contributed by atoms with Gasteiger partial charge in [0.05, 0.1) is 12.8 Å². The van der Waals surface area contributed by atoms with Crippen molar-refractivity contribution in [1.82, 2.24) is 15.0 Å². The van der Waals surface area contributed by atoms with Crippen molar-refractivity contribution in [2.45, 2.75) is 26.4 Å². The predicted octanol–water partition coefficient (Wildman–Crippen LogP) is 3.11. The van der Waals surface area contributed by atoms with Gasteiger partial charge >= 0.3 is 5.97 Å². The van der Waals surface area contributed by atoms with Gasteiger partial charge in [0.2, 0.25) is 0 Å². The zero-order valence-corrected chi connectivity index (χ0v) is 15.2. The first kappa shape index (κ1) is 17.9. The molecule has 2 aromatic heterocycles. The molecule has 0 saturated carbocycles. The number of rotatable bonds is 6. The molecule has 0 amide bonds. The summed E-state index contributed by atoms with van der Waals surface area (Å²) in [5, 5.41) is 14.6. The second-order valence-electron chi connectivity index (χ2n) is 6.22. The molecule has 0 aliphatic carbocycles. The summed E-state index contributed by atoms with van der Waals surface area (Å²) in [6, 6.07) is 6.75. The molecular weight excluding hydrogens is 334 g/mol. The quantitative estimate of drug-likeness (QED) is 0.727. The normalized spacial score (nSPS) is 12.5. The molecule has 0 fully saturated rings. The number of carbonyl (C=O) groups is 1. The number of carboxylic acids is 1. The summed E-state index contributed by atoms with van der Waals surface area (Å²) in [5.74, 6) is 0.258. The van der Waals surface area contributed by atoms with Gasteiger partial charge in [-0.15, -0.1) is 0 Å². The molecule has 7 nitrogen and oxygen atoms in total. The van der Waals surface area contributed by atoms with Gasteiger partial charge in [0, 0.05) is 23.7 Å². The van der Waals surface area contributed by atoms with Gasteiger partial charge < -0.3 is 14.4 Å². The number of aryl methyl sites for hydroxylation is 2. The monoisotopic (exact) mass is 355 g/mol. The molecule has 136 valence electrons. The number of methoxy groups -OCH3 is 1. The smallest absolute Gasteiger partial charge is 0.325 e. The van der Waals surface area contributed by atoms with Crippen LogP contribution in [0.5, 0.6) is 5.75 Å². The minimum absolute atomic E-state index is 0.424. The summed E-state index contributed by atoms with van der Waals surface area (Å²) in [4.78, 5) is 18.1. The fourth-order valence-corrected chi connectivity index (χ4v) is 3.28. The van der Waals surface area contributed by atoms with Crippen molar-refractivity contribution in [2.75, 3.05) is 14.2 Å². The Hall–Kier alpha value is -2.93. The number of likely N-dealkylation sites (N-methyl/N-ethyl adjacent to an activating group) is 1. The maximum Gasteiger partial charge on any atom is 0.325 e. The van der Waals surface area contributed by atoms with Gasteiger partial charge in [-0.1, -0.05) is 17.3 Å². The van der Waals surface area contributed by atoms with Crippen LogP contribution in [0.2, 0.25) is 0 Å². The van der Waals surface area contributed by atoms with E-state index in [4.69, 9.17) is 9.26 Å². The van der Waals surface area contributed by atoms with Crippen molar-refractivity contribution in [3.05, 3.63) is 53.0 Å². The van der Waals surface area contributed by atoms with Crippen molar-refractivity contribution < 1.29 is 19.2 Å². The first-order chi connectivity index (χ1) is 12.4. The maximum absolute atomic E-state index is 12.0. The van der Waals surface area contributed by atoms with E-state index in [2.05, 4.69) is 10.1 Å². The SMILES string of the molecule is COc1ccc(CN(C)[C@@H](C(=O)O)c2c(C)noc2C)c2cccnc12. The van der Waals surface area contributed by atoms with Crippen LogP contribution in [0.15, 0.2) is 35.0 Å². The van der Waals surface area contributed by atoms with Crippen LogP contribution < -0.4 is 4.74 Å². The number of fused-ring (bicyclic) bond motifs is 1. The maximum atomic E-state index is 12.0. The summed E-state index contributed by atoms with van der Waals surface area (Å²) in [7, 11) is 3.38. The molecule has 0 bridgehead atoms. The molecule has 2 heterocycles. The summed E-state index contributed by atoms with van der Waals surface area (Å²) < 4.78 is 10.5. The van der Waals surface area contributed by atoms with Gasteiger partial charge in [0.15, 0.2) is 0 Å². The molecule has 0 aliphatic rings. The lowest BCUT2D eigenvalue weighted by atomic mass is 10.0. The van der Waals surface area contributed by atoms with Crippen molar-refractivity contribution >= 4 is 16.9 Å². The first-order valence-electron chi connectivity index (χ1n) is 8.20. The number of nitrogens with zero attached hydrogens (tertiary/aromatic N) is 3. The number of benzene rings is 1. The summed E-state index contributed by atoms with van der Waals surface area (Å²) in [6.45, 7) is 3.90. The zero-order chi connectivity index (χ0) is 18.8. The Morgan fingerprint density at radius 2 is 2.12 bits per heavy atom. The van der Waals surface area contributed by atoms with Crippen LogP contribution in [0.4, 0.5) is 0 Å². The topological polar surface area (TPSA) is 88.7 Å². The number of aromatic nitrogens is 2. The molecule has 1 atom stereocenters. The summed E-state index contributed by atoms with van der Waals surface area (Å²) >= 11 is 0. The highest BCUT2D eigenvalue weighted by Crippen LogP contribution is 2.31. The van der Waals surface area contributed by atoms with Gasteiger partial charge in [-0.05, 0) is 38.6 Å². The number of hydrogen-bond acceptors (Lipinski definition) is 6. The van der Waals surface area contributed by atoms with E-state index >= 15 is 0 Å². The van der Waals surface area contributed by atoms with Crippen LogP contribution in [0, 0.1) is 13.8 Å². The van der Waals surface area contributed by atoms with E-state index in [0.717, 1.165) is 16.5 Å². The molecule has 0 unspecified atom stereocenters. The fraction of sp³-hybridized carbons (Fsp3) is 0.316. The van der Waals surface area contributed by atoms with Gasteiger partial charge in [-0.3, -0.25) is 14.7 Å². The Morgan fingerprint density at radius 1 is 1.35 bits per heavy atom. The Labute approximate surface area is 151 Å². The Balaban J connectivity index is 2.00. The van der Waals surface area contributed by atoms with E-state index in [1.54, 1.807) is 39.1 Å². The average molecular weight is 355 g/mol. The zero-order valence-electron chi connectivity index (χ0n) is 15.2. The number of carboxylic acid groups (broad SMARTS) is 1. The van der Waals surface area contributed by atoms with E-state index in [1.807, 2.05) is 24.3 Å². The van der Waals surface area contributed by atoms with E-state index < -0.39 is 12.0 Å². The van der Waals surface area contributed by atoms with Gasteiger partial charge in [0.25, 0.3) is 0 Å². The molecule has 0 radical (unpaired) electrons. The highest BCUT2D eigenvalue weighted by Gasteiger charge is 2.31. The number of hydrogen-bond donors (Lipinski definition) is 1. The van der Waals surface area contributed by atoms with Gasteiger partial charge in [-0.25, -0.2) is 0 Å². The minimum Gasteiger partial charge on any atom is -0.494 e. The van der Waals surface area contributed by atoms with Crippen molar-refractivity contribution in [3.8, 4) is 5.75 Å². The van der Waals surface area contributed by atoms with Gasteiger partial charge in [0.1, 0.15) is 23.1 Å². The van der Waals surface area contributed by atoms with Crippen molar-refractivity contribution in [3.63, 3.8) is 0 Å². The molecule has 7 heteroatoms. The summed E-state index contributed by atoms with van der Waals surface area (Å²) in [6.07, 6.45) is 1.71. The molecular formula is C19H21N3O4. The van der Waals surface area contributed by atoms with E-state index in [1.165, 1.54) is 0 Å². The minimum atomic E-state index is -0.946. The standard InChI is InChI=1S/C19H21N3O4/c1-11-16(12(2)26-21-11)18(19(23)24)22(3)10-13-7-8-15(25-4)17-14(13)6-5-9-20-17/h5-9,18H,10H2,1-4H3,(H,23,24)/t18-/m1/s1. The largest absolute Gasteiger partial charge is 0.494 e. The lowest BCUT2D eigenvalue weighted by Gasteiger charge is -2.25.